The molecule has 2 rings (SSSR count). The number of hydrogen-bond donors (Lipinski definition) is 0. The van der Waals surface area contributed by atoms with Crippen LogP contribution >= 0.6 is 0 Å². The van der Waals surface area contributed by atoms with E-state index in [9.17, 15) is 0 Å². The summed E-state index contributed by atoms with van der Waals surface area (Å²) in [4.78, 5) is 2.28. The van der Waals surface area contributed by atoms with Crippen LogP contribution in [-0.2, 0) is 0 Å². The van der Waals surface area contributed by atoms with Gasteiger partial charge in [0.15, 0.2) is 0 Å². The van der Waals surface area contributed by atoms with Gasteiger partial charge in [-0.25, -0.2) is 0 Å². The first-order chi connectivity index (χ1) is 8.66. The highest BCUT2D eigenvalue weighted by Crippen LogP contribution is 2.23. The van der Waals surface area contributed by atoms with E-state index in [1.807, 2.05) is 0 Å². The van der Waals surface area contributed by atoms with Crippen LogP contribution in [0.3, 0.4) is 0 Å². The maximum Gasteiger partial charge on any atom is 0.0335 e. The summed E-state index contributed by atoms with van der Waals surface area (Å²) in [7, 11) is 0. The normalized spacial score (nSPS) is 19.6. The van der Waals surface area contributed by atoms with Crippen molar-refractivity contribution in [2.24, 2.45) is 0 Å². The van der Waals surface area contributed by atoms with Gasteiger partial charge < -0.3 is 4.90 Å². The molecular weight excluding hydrogens is 218 g/mol. The fraction of sp³-hybridized carbons (Fsp3) is 0.412. The molecule has 0 aromatic rings. The van der Waals surface area contributed by atoms with E-state index in [0.29, 0.717) is 0 Å². The Kier molecular flexibility index (Phi) is 4.24. The van der Waals surface area contributed by atoms with Gasteiger partial charge in [0.05, 0.1) is 0 Å². The second-order valence-electron chi connectivity index (χ2n) is 5.22. The molecule has 0 N–H and O–H groups in total. The first-order valence-electron chi connectivity index (χ1n) is 6.84. The fourth-order valence-corrected chi connectivity index (χ4v) is 2.41. The van der Waals surface area contributed by atoms with E-state index < -0.39 is 0 Å². The molecular formula is C17H23N. The van der Waals surface area contributed by atoms with E-state index in [4.69, 9.17) is 0 Å². The molecule has 0 radical (unpaired) electrons. The van der Waals surface area contributed by atoms with Crippen LogP contribution in [0.15, 0.2) is 59.5 Å². The Balaban J connectivity index is 1.82. The summed E-state index contributed by atoms with van der Waals surface area (Å²) < 4.78 is 0. The van der Waals surface area contributed by atoms with Gasteiger partial charge in [-0.15, -0.1) is 0 Å². The van der Waals surface area contributed by atoms with Gasteiger partial charge >= 0.3 is 0 Å². The molecule has 0 unspecified atom stereocenters. The molecule has 96 valence electrons. The van der Waals surface area contributed by atoms with Crippen molar-refractivity contribution in [3.63, 3.8) is 0 Å². The van der Waals surface area contributed by atoms with Gasteiger partial charge in [0.1, 0.15) is 0 Å². The van der Waals surface area contributed by atoms with Gasteiger partial charge in [-0.2, -0.15) is 0 Å². The molecule has 0 saturated carbocycles. The molecule has 0 amide bonds. The molecule has 1 heterocycles. The predicted molar refractivity (Wildman–Crippen MR) is 79.1 cm³/mol. The number of rotatable bonds is 4. The van der Waals surface area contributed by atoms with Gasteiger partial charge in [0, 0.05) is 18.4 Å². The van der Waals surface area contributed by atoms with Crippen LogP contribution in [0.5, 0.6) is 0 Å². The van der Waals surface area contributed by atoms with Crippen molar-refractivity contribution in [2.75, 3.05) is 6.54 Å². The van der Waals surface area contributed by atoms with Crippen molar-refractivity contribution >= 4 is 0 Å². The lowest BCUT2D eigenvalue weighted by atomic mass is 10.00. The average Bonchev–Trinajstić information content (AvgIpc) is 2.37. The van der Waals surface area contributed by atoms with Gasteiger partial charge in [0.2, 0.25) is 0 Å². The molecule has 0 bridgehead atoms. The van der Waals surface area contributed by atoms with Crippen molar-refractivity contribution in [1.29, 1.82) is 0 Å². The van der Waals surface area contributed by atoms with E-state index in [2.05, 4.69) is 55.8 Å². The average molecular weight is 241 g/mol. The summed E-state index contributed by atoms with van der Waals surface area (Å²) in [5.41, 5.74) is 5.39. The molecule has 1 aliphatic carbocycles. The first-order valence-corrected chi connectivity index (χ1v) is 6.84. The van der Waals surface area contributed by atoms with E-state index in [1.165, 1.54) is 36.8 Å². The minimum atomic E-state index is 1.07. The Labute approximate surface area is 111 Å². The van der Waals surface area contributed by atoms with Crippen molar-refractivity contribution in [2.45, 2.75) is 39.5 Å². The van der Waals surface area contributed by atoms with Crippen LogP contribution in [-0.4, -0.2) is 11.4 Å². The molecule has 0 aromatic carbocycles. The maximum absolute atomic E-state index is 4.13. The van der Waals surface area contributed by atoms with E-state index >= 15 is 0 Å². The molecule has 1 heteroatoms. The third kappa shape index (κ3) is 3.25. The van der Waals surface area contributed by atoms with Crippen molar-refractivity contribution in [3.8, 4) is 0 Å². The summed E-state index contributed by atoms with van der Waals surface area (Å²) >= 11 is 0. The fourth-order valence-electron chi connectivity index (χ4n) is 2.41. The van der Waals surface area contributed by atoms with Crippen molar-refractivity contribution in [3.05, 3.63) is 59.5 Å². The largest absolute Gasteiger partial charge is 0.348 e. The Bertz CT molecular complexity index is 446. The van der Waals surface area contributed by atoms with E-state index in [0.717, 1.165) is 12.2 Å². The van der Waals surface area contributed by atoms with Crippen LogP contribution in [0, 0.1) is 0 Å². The molecule has 0 saturated heterocycles. The minimum absolute atomic E-state index is 1.07. The van der Waals surface area contributed by atoms with Crippen LogP contribution in [0.25, 0.3) is 0 Å². The summed E-state index contributed by atoms with van der Waals surface area (Å²) in [6.07, 6.45) is 16.0. The molecule has 0 fully saturated rings. The Morgan fingerprint density at radius 1 is 1.28 bits per heavy atom. The van der Waals surface area contributed by atoms with Gasteiger partial charge in [-0.3, -0.25) is 0 Å². The SMILES string of the molecule is C=C1C=C(C)C(C)=CN1CCCC1=CC=CCC1. The third-order valence-corrected chi connectivity index (χ3v) is 3.72. The lowest BCUT2D eigenvalue weighted by molar-refractivity contribution is 0.456. The van der Waals surface area contributed by atoms with Gasteiger partial charge in [0.25, 0.3) is 0 Å². The van der Waals surface area contributed by atoms with Crippen molar-refractivity contribution in [1.82, 2.24) is 4.90 Å². The molecule has 0 aromatic heterocycles. The Morgan fingerprint density at radius 2 is 2.11 bits per heavy atom. The monoisotopic (exact) mass is 241 g/mol. The van der Waals surface area contributed by atoms with Gasteiger partial charge in [-0.1, -0.05) is 30.4 Å². The highest BCUT2D eigenvalue weighted by Gasteiger charge is 2.10. The molecule has 1 nitrogen and oxygen atoms in total. The highest BCUT2D eigenvalue weighted by molar-refractivity contribution is 5.38. The Hall–Kier alpha value is -1.50. The first kappa shape index (κ1) is 12.9. The molecule has 1 aliphatic heterocycles. The van der Waals surface area contributed by atoms with Gasteiger partial charge in [-0.05, 0) is 56.8 Å². The lowest BCUT2D eigenvalue weighted by Crippen LogP contribution is -2.20. The van der Waals surface area contributed by atoms with Crippen LogP contribution in [0.2, 0.25) is 0 Å². The zero-order chi connectivity index (χ0) is 13.0. The summed E-state index contributed by atoms with van der Waals surface area (Å²) in [5, 5.41) is 0. The third-order valence-electron chi connectivity index (χ3n) is 3.72. The van der Waals surface area contributed by atoms with E-state index in [1.54, 1.807) is 5.57 Å². The number of nitrogens with zero attached hydrogens (tertiary/aromatic N) is 1. The predicted octanol–water partition coefficient (Wildman–Crippen LogP) is 4.72. The molecule has 0 spiro atoms. The number of allylic oxidation sites excluding steroid dienone is 7. The molecule has 2 aliphatic rings. The highest BCUT2D eigenvalue weighted by atomic mass is 15.1. The summed E-state index contributed by atoms with van der Waals surface area (Å²) in [5.74, 6) is 0. The standard InChI is InChI=1S/C17H23N/c1-14-12-16(3)18(13-15(14)2)11-7-10-17-8-5-4-6-9-17/h4-5,8,12-13H,3,6-7,9-11H2,1-2H3. The van der Waals surface area contributed by atoms with E-state index in [-0.39, 0.29) is 0 Å². The number of hydrogen-bond acceptors (Lipinski definition) is 1. The quantitative estimate of drug-likeness (QED) is 0.688. The molecule has 0 atom stereocenters. The van der Waals surface area contributed by atoms with Crippen LogP contribution < -0.4 is 0 Å². The zero-order valence-corrected chi connectivity index (χ0v) is 11.6. The minimum Gasteiger partial charge on any atom is -0.348 e. The molecule has 18 heavy (non-hydrogen) atoms. The summed E-state index contributed by atoms with van der Waals surface area (Å²) in [6.45, 7) is 9.51. The lowest BCUT2D eigenvalue weighted by Gasteiger charge is -2.26. The maximum atomic E-state index is 4.13. The topological polar surface area (TPSA) is 3.24 Å². The Morgan fingerprint density at radius 3 is 2.83 bits per heavy atom. The smallest absolute Gasteiger partial charge is 0.0335 e. The zero-order valence-electron chi connectivity index (χ0n) is 11.6. The second-order valence-corrected chi connectivity index (χ2v) is 5.22. The van der Waals surface area contributed by atoms with Crippen molar-refractivity contribution < 1.29 is 0 Å². The summed E-state index contributed by atoms with van der Waals surface area (Å²) in [6, 6.07) is 0. The van der Waals surface area contributed by atoms with Crippen LogP contribution in [0.4, 0.5) is 0 Å². The second kappa shape index (κ2) is 5.90. The van der Waals surface area contributed by atoms with Crippen LogP contribution in [0.1, 0.15) is 39.5 Å².